The summed E-state index contributed by atoms with van der Waals surface area (Å²) in [6.45, 7) is -4.31. The molecule has 0 aliphatic heterocycles. The topological polar surface area (TPSA) is 66.3 Å². The van der Waals surface area contributed by atoms with E-state index in [1.165, 1.54) is 0 Å². The molecule has 0 fully saturated rings. The fourth-order valence-electron chi connectivity index (χ4n) is 0. The van der Waals surface area contributed by atoms with Crippen molar-refractivity contribution in [2.45, 2.75) is 0 Å². The molecular formula is HLi2O3PS. The number of rotatable bonds is 0. The second-order valence-electron chi connectivity index (χ2n) is 0.469. The van der Waals surface area contributed by atoms with E-state index in [0.29, 0.717) is 0 Å². The Kier molecular flexibility index (Phi) is 13.3. The van der Waals surface area contributed by atoms with Crippen LogP contribution in [0, 0.1) is 0 Å². The van der Waals surface area contributed by atoms with E-state index < -0.39 is 6.72 Å². The van der Waals surface area contributed by atoms with Gasteiger partial charge in [-0.15, -0.1) is 11.8 Å². The molecule has 0 aliphatic rings. The van der Waals surface area contributed by atoms with Crippen molar-refractivity contribution in [1.82, 2.24) is 0 Å². The van der Waals surface area contributed by atoms with Crippen LogP contribution in [0.15, 0.2) is 0 Å². The molecule has 0 aromatic rings. The van der Waals surface area contributed by atoms with Gasteiger partial charge in [0, 0.05) is 0 Å². The molecule has 7 heteroatoms. The predicted molar refractivity (Wildman–Crippen MR) is 16.5 cm³/mol. The molecule has 0 aliphatic carbocycles. The smallest absolute Gasteiger partial charge is 0.812 e. The van der Waals surface area contributed by atoms with Crippen LogP contribution in [0.25, 0.3) is 0 Å². The van der Waals surface area contributed by atoms with Gasteiger partial charge in [-0.1, -0.05) is 6.72 Å². The van der Waals surface area contributed by atoms with E-state index in [9.17, 15) is 0 Å². The van der Waals surface area contributed by atoms with E-state index >= 15 is 0 Å². The van der Waals surface area contributed by atoms with Crippen LogP contribution in [0.5, 0.6) is 0 Å². The summed E-state index contributed by atoms with van der Waals surface area (Å²) in [5.74, 6) is 0. The first kappa shape index (κ1) is 15.9. The predicted octanol–water partition coefficient (Wildman–Crippen LogP) is -8.07. The van der Waals surface area contributed by atoms with Gasteiger partial charge >= 0.3 is 37.7 Å². The maximum Gasteiger partial charge on any atom is 1.00 e. The van der Waals surface area contributed by atoms with Gasteiger partial charge in [0.15, 0.2) is 0 Å². The van der Waals surface area contributed by atoms with Gasteiger partial charge in [0.25, 0.3) is 0 Å². The van der Waals surface area contributed by atoms with Crippen molar-refractivity contribution in [2.24, 2.45) is 0 Å². The first-order valence-corrected chi connectivity index (χ1v) is 3.34. The Hall–Kier alpha value is 1.72. The Morgan fingerprint density at radius 1 is 1.29 bits per heavy atom. The molecule has 0 aromatic carbocycles. The van der Waals surface area contributed by atoms with E-state index in [0.717, 1.165) is 0 Å². The van der Waals surface area contributed by atoms with Crippen molar-refractivity contribution in [2.75, 3.05) is 0 Å². The summed E-state index contributed by atoms with van der Waals surface area (Å²) in [7, 11) is 0. The monoisotopic (exact) mass is 126 g/mol. The van der Waals surface area contributed by atoms with E-state index in [-0.39, 0.29) is 37.7 Å². The number of hydrogen-bond acceptors (Lipinski definition) is 3. The van der Waals surface area contributed by atoms with Gasteiger partial charge in [-0.25, -0.2) is 0 Å². The Bertz CT molecular complexity index is 59.1. The molecule has 1 N–H and O–H groups in total. The molecule has 0 saturated heterocycles. The van der Waals surface area contributed by atoms with Crippen LogP contribution in [0.4, 0.5) is 0 Å². The first-order chi connectivity index (χ1) is 2.00. The molecule has 0 bridgehead atoms. The van der Waals surface area contributed by atoms with E-state index in [4.69, 9.17) is 14.7 Å². The van der Waals surface area contributed by atoms with Crippen LogP contribution >= 0.6 is 6.72 Å². The molecule has 7 heavy (non-hydrogen) atoms. The van der Waals surface area contributed by atoms with Crippen LogP contribution < -0.4 is 47.5 Å². The summed E-state index contributed by atoms with van der Waals surface area (Å²) < 4.78 is 0. The van der Waals surface area contributed by atoms with Gasteiger partial charge in [0.1, 0.15) is 0 Å². The Morgan fingerprint density at radius 3 is 1.29 bits per heavy atom. The zero-order valence-corrected chi connectivity index (χ0v) is 5.83. The zero-order valence-electron chi connectivity index (χ0n) is 4.12. The maximum atomic E-state index is 9.03. The first-order valence-electron chi connectivity index (χ1n) is 0.748. The minimum Gasteiger partial charge on any atom is -0.812 e. The molecule has 0 aromatic heterocycles. The minimum absolute atomic E-state index is 0. The SMILES string of the molecule is [Li+].[Li+].[O-]P([O-])(O)=S. The third-order valence-corrected chi connectivity index (χ3v) is 0. The summed E-state index contributed by atoms with van der Waals surface area (Å²) in [6, 6.07) is 0. The third-order valence-electron chi connectivity index (χ3n) is 0. The maximum absolute atomic E-state index is 9.03. The zero-order chi connectivity index (χ0) is 4.50. The quantitative estimate of drug-likeness (QED) is 0.258. The van der Waals surface area contributed by atoms with Crippen LogP contribution in [0.3, 0.4) is 0 Å². The summed E-state index contributed by atoms with van der Waals surface area (Å²) in [4.78, 5) is 25.4. The molecule has 3 nitrogen and oxygen atoms in total. The van der Waals surface area contributed by atoms with Crippen LogP contribution in [-0.2, 0) is 11.8 Å². The summed E-state index contributed by atoms with van der Waals surface area (Å²) >= 11 is 3.38. The van der Waals surface area contributed by atoms with Gasteiger partial charge in [0.2, 0.25) is 0 Å². The molecule has 0 atom stereocenters. The fraction of sp³-hybridized carbons (Fsp3) is 0. The van der Waals surface area contributed by atoms with Crippen molar-refractivity contribution in [3.63, 3.8) is 0 Å². The average Bonchev–Trinajstić information content (AvgIpc) is 0.722. The summed E-state index contributed by atoms with van der Waals surface area (Å²) in [6.07, 6.45) is 0. The standard InChI is InChI=1S/2Li.H3O3PS/c;;1-4(2,3)5/h;;(H3,1,2,3,5)/q2*+1;/p-2. The third kappa shape index (κ3) is 85.1. The minimum atomic E-state index is -4.31. The fourth-order valence-corrected chi connectivity index (χ4v) is 0. The van der Waals surface area contributed by atoms with Crippen LogP contribution in [0.2, 0.25) is 0 Å². The van der Waals surface area contributed by atoms with Gasteiger partial charge in [-0.05, 0) is 0 Å². The Morgan fingerprint density at radius 2 is 1.29 bits per heavy atom. The van der Waals surface area contributed by atoms with Crippen molar-refractivity contribution in [3.05, 3.63) is 0 Å². The second-order valence-corrected chi connectivity index (χ2v) is 2.79. The van der Waals surface area contributed by atoms with Crippen LogP contribution in [0.1, 0.15) is 0 Å². The molecule has 0 radical (unpaired) electrons. The largest absolute Gasteiger partial charge is 1.00 e. The van der Waals surface area contributed by atoms with E-state index in [1.807, 2.05) is 0 Å². The molecule has 32 valence electrons. The molecule has 0 unspecified atom stereocenters. The molecule has 0 saturated carbocycles. The molecule has 0 rings (SSSR count). The average molecular weight is 126 g/mol. The van der Waals surface area contributed by atoms with Crippen molar-refractivity contribution in [1.29, 1.82) is 0 Å². The Balaban J connectivity index is -0.0000000800. The van der Waals surface area contributed by atoms with Crippen molar-refractivity contribution in [3.8, 4) is 0 Å². The van der Waals surface area contributed by atoms with Gasteiger partial charge in [-0.2, -0.15) is 0 Å². The van der Waals surface area contributed by atoms with Crippen LogP contribution in [-0.4, -0.2) is 4.89 Å². The normalized spacial score (nSPS) is 8.43. The second kappa shape index (κ2) is 5.85. The molecular weight excluding hydrogens is 125 g/mol. The molecule has 0 heterocycles. The summed E-state index contributed by atoms with van der Waals surface area (Å²) in [5, 5.41) is 0. The van der Waals surface area contributed by atoms with Gasteiger partial charge in [-0.3, -0.25) is 0 Å². The number of hydrogen-bond donors (Lipinski definition) is 1. The molecule has 0 amide bonds. The summed E-state index contributed by atoms with van der Waals surface area (Å²) in [5.41, 5.74) is 0. The molecule has 0 spiro atoms. The van der Waals surface area contributed by atoms with Crippen molar-refractivity contribution >= 4 is 18.5 Å². The van der Waals surface area contributed by atoms with E-state index in [2.05, 4.69) is 11.8 Å². The van der Waals surface area contributed by atoms with Crippen molar-refractivity contribution < 1.29 is 52.4 Å². The Labute approximate surface area is 70.7 Å². The van der Waals surface area contributed by atoms with E-state index in [1.54, 1.807) is 0 Å². The van der Waals surface area contributed by atoms with Gasteiger partial charge in [0.05, 0.1) is 0 Å². The van der Waals surface area contributed by atoms with Gasteiger partial charge < -0.3 is 14.7 Å².